The molecule has 0 saturated heterocycles. The van der Waals surface area contributed by atoms with E-state index in [-0.39, 0.29) is 17.6 Å². The van der Waals surface area contributed by atoms with Crippen molar-refractivity contribution in [3.8, 4) is 17.2 Å². The second-order valence-corrected chi connectivity index (χ2v) is 10.4. The summed E-state index contributed by atoms with van der Waals surface area (Å²) in [6, 6.07) is 10.2. The molecule has 2 atom stereocenters. The van der Waals surface area contributed by atoms with Crippen LogP contribution >= 0.6 is 0 Å². The van der Waals surface area contributed by atoms with Gasteiger partial charge in [-0.15, -0.1) is 0 Å². The normalized spacial score (nSPS) is 15.0. The Bertz CT molecular complexity index is 1280. The zero-order valence-electron chi connectivity index (χ0n) is 24.6. The minimum atomic E-state index is -1.06. The number of benzene rings is 2. The number of anilines is 1. The molecule has 2 amide bonds. The highest BCUT2D eigenvalue weighted by Gasteiger charge is 2.36. The lowest BCUT2D eigenvalue weighted by Crippen LogP contribution is -2.47. The third kappa shape index (κ3) is 6.78. The lowest BCUT2D eigenvalue weighted by atomic mass is 9.94. The number of methoxy groups -OCH3 is 3. The lowest BCUT2D eigenvalue weighted by molar-refractivity contribution is -0.123. The Kier molecular flexibility index (Phi) is 10.2. The summed E-state index contributed by atoms with van der Waals surface area (Å²) < 4.78 is 16.8. The Hall–Kier alpha value is -4.14. The molecule has 1 aliphatic rings. The van der Waals surface area contributed by atoms with Gasteiger partial charge in [0.2, 0.25) is 11.7 Å². The zero-order valence-corrected chi connectivity index (χ0v) is 24.6. The molecule has 0 bridgehead atoms. The first kappa shape index (κ1) is 29.8. The van der Waals surface area contributed by atoms with E-state index < -0.39 is 11.9 Å². The summed E-state index contributed by atoms with van der Waals surface area (Å²) in [5, 5.41) is 3.23. The molecule has 1 N–H and O–H groups in total. The van der Waals surface area contributed by atoms with Gasteiger partial charge in [0.05, 0.1) is 27.5 Å². The molecule has 1 aliphatic carbocycles. The van der Waals surface area contributed by atoms with Gasteiger partial charge in [-0.2, -0.15) is 0 Å². The number of carbonyl (C=O) groups is 2. The molecular formula is C32H40N4O5. The third-order valence-electron chi connectivity index (χ3n) is 7.81. The van der Waals surface area contributed by atoms with Crippen molar-refractivity contribution < 1.29 is 23.8 Å². The molecule has 41 heavy (non-hydrogen) atoms. The molecule has 1 fully saturated rings. The lowest BCUT2D eigenvalue weighted by Gasteiger charge is -2.34. The van der Waals surface area contributed by atoms with Crippen molar-refractivity contribution in [2.24, 2.45) is 0 Å². The van der Waals surface area contributed by atoms with E-state index in [1.165, 1.54) is 44.8 Å². The number of hydrogen-bond acceptors (Lipinski definition) is 7. The molecule has 0 unspecified atom stereocenters. The number of aromatic nitrogens is 2. The Labute approximate surface area is 242 Å². The number of amides is 2. The number of nitrogens with zero attached hydrogens (tertiary/aromatic N) is 3. The van der Waals surface area contributed by atoms with E-state index in [1.807, 2.05) is 24.3 Å². The first-order valence-electron chi connectivity index (χ1n) is 14.2. The van der Waals surface area contributed by atoms with Crippen molar-refractivity contribution in [1.82, 2.24) is 15.3 Å². The Balaban J connectivity index is 1.90. The van der Waals surface area contributed by atoms with Crippen molar-refractivity contribution in [1.29, 1.82) is 0 Å². The SMILES string of the molecule is CC[C@H](C)c1ccc(N(C(=O)c2cnccn2)[C@@H](C(=O)NC2CCCCC2)c2cc(OC)c(OC)c(OC)c2)cc1. The van der Waals surface area contributed by atoms with Crippen LogP contribution in [0.5, 0.6) is 17.2 Å². The summed E-state index contributed by atoms with van der Waals surface area (Å²) in [4.78, 5) is 38.4. The Morgan fingerprint density at radius 2 is 1.61 bits per heavy atom. The second-order valence-electron chi connectivity index (χ2n) is 10.4. The van der Waals surface area contributed by atoms with E-state index in [0.29, 0.717) is 34.4 Å². The summed E-state index contributed by atoms with van der Waals surface area (Å²) >= 11 is 0. The average molecular weight is 561 g/mol. The van der Waals surface area contributed by atoms with Crippen LogP contribution in [0.2, 0.25) is 0 Å². The van der Waals surface area contributed by atoms with Gasteiger partial charge in [-0.05, 0) is 60.6 Å². The number of nitrogens with one attached hydrogen (secondary N) is 1. The van der Waals surface area contributed by atoms with Crippen LogP contribution in [0.4, 0.5) is 5.69 Å². The molecule has 0 radical (unpaired) electrons. The molecule has 1 saturated carbocycles. The summed E-state index contributed by atoms with van der Waals surface area (Å²) in [6.07, 6.45) is 10.4. The number of carbonyl (C=O) groups excluding carboxylic acids is 2. The molecular weight excluding hydrogens is 520 g/mol. The maximum absolute atomic E-state index is 14.3. The average Bonchev–Trinajstić information content (AvgIpc) is 3.03. The standard InChI is InChI=1S/C32H40N4O5/c1-6-21(2)22-12-14-25(15-13-22)36(32(38)26-20-33-16-17-34-26)29(31(37)35-24-10-8-7-9-11-24)23-18-27(39-3)30(41-5)28(19-23)40-4/h12-21,24,29H,6-11H2,1-5H3,(H,35,37)/t21-,29+/m0/s1. The van der Waals surface area contributed by atoms with Crippen LogP contribution in [-0.2, 0) is 4.79 Å². The fourth-order valence-electron chi connectivity index (χ4n) is 5.32. The van der Waals surface area contributed by atoms with Crippen molar-refractivity contribution in [3.05, 3.63) is 71.8 Å². The molecule has 218 valence electrons. The van der Waals surface area contributed by atoms with Gasteiger partial charge in [-0.1, -0.05) is 45.2 Å². The van der Waals surface area contributed by atoms with Crippen LogP contribution in [0.15, 0.2) is 55.0 Å². The van der Waals surface area contributed by atoms with Crippen LogP contribution in [0.25, 0.3) is 0 Å². The molecule has 9 nitrogen and oxygen atoms in total. The highest BCUT2D eigenvalue weighted by molar-refractivity contribution is 6.09. The van der Waals surface area contributed by atoms with Crippen molar-refractivity contribution >= 4 is 17.5 Å². The second kappa shape index (κ2) is 14.0. The van der Waals surface area contributed by atoms with Gasteiger partial charge in [0.1, 0.15) is 11.7 Å². The zero-order chi connectivity index (χ0) is 29.4. The van der Waals surface area contributed by atoms with E-state index >= 15 is 0 Å². The molecule has 0 aliphatic heterocycles. The molecule has 9 heteroatoms. The first-order chi connectivity index (χ1) is 19.9. The number of rotatable bonds is 11. The summed E-state index contributed by atoms with van der Waals surface area (Å²) in [6.45, 7) is 4.30. The molecule has 3 aromatic rings. The van der Waals surface area contributed by atoms with Gasteiger partial charge in [-0.3, -0.25) is 19.5 Å². The first-order valence-corrected chi connectivity index (χ1v) is 14.2. The fraction of sp³-hybridized carbons (Fsp3) is 0.438. The molecule has 0 spiro atoms. The van der Waals surface area contributed by atoms with Gasteiger partial charge >= 0.3 is 0 Å². The largest absolute Gasteiger partial charge is 0.493 e. The monoisotopic (exact) mass is 560 g/mol. The van der Waals surface area contributed by atoms with E-state index in [2.05, 4.69) is 29.1 Å². The number of hydrogen-bond donors (Lipinski definition) is 1. The van der Waals surface area contributed by atoms with E-state index in [9.17, 15) is 9.59 Å². The van der Waals surface area contributed by atoms with Gasteiger partial charge in [-0.25, -0.2) is 4.98 Å². The maximum Gasteiger partial charge on any atom is 0.279 e. The topological polar surface area (TPSA) is 103 Å². The fourth-order valence-corrected chi connectivity index (χ4v) is 5.32. The summed E-state index contributed by atoms with van der Waals surface area (Å²) in [7, 11) is 4.57. The maximum atomic E-state index is 14.3. The Morgan fingerprint density at radius 1 is 0.951 bits per heavy atom. The molecule has 1 aromatic heterocycles. The highest BCUT2D eigenvalue weighted by Crippen LogP contribution is 2.42. The molecule has 1 heterocycles. The van der Waals surface area contributed by atoms with Gasteiger partial charge in [0.25, 0.3) is 5.91 Å². The van der Waals surface area contributed by atoms with E-state index in [1.54, 1.807) is 12.1 Å². The van der Waals surface area contributed by atoms with Crippen molar-refractivity contribution in [2.75, 3.05) is 26.2 Å². The highest BCUT2D eigenvalue weighted by atomic mass is 16.5. The van der Waals surface area contributed by atoms with E-state index in [4.69, 9.17) is 14.2 Å². The van der Waals surface area contributed by atoms with E-state index in [0.717, 1.165) is 44.1 Å². The minimum absolute atomic E-state index is 0.0297. The van der Waals surface area contributed by atoms with Gasteiger partial charge < -0.3 is 19.5 Å². The van der Waals surface area contributed by atoms with Crippen LogP contribution in [0, 0.1) is 0 Å². The number of ether oxygens (including phenoxy) is 3. The van der Waals surface area contributed by atoms with Crippen LogP contribution in [0.3, 0.4) is 0 Å². The van der Waals surface area contributed by atoms with Crippen LogP contribution in [-0.4, -0.2) is 49.2 Å². The van der Waals surface area contributed by atoms with Crippen molar-refractivity contribution in [2.45, 2.75) is 70.4 Å². The van der Waals surface area contributed by atoms with Gasteiger partial charge in [0.15, 0.2) is 11.5 Å². The predicted octanol–water partition coefficient (Wildman–Crippen LogP) is 5.85. The van der Waals surface area contributed by atoms with Crippen LogP contribution < -0.4 is 24.4 Å². The van der Waals surface area contributed by atoms with Crippen molar-refractivity contribution in [3.63, 3.8) is 0 Å². The minimum Gasteiger partial charge on any atom is -0.493 e. The quantitative estimate of drug-likeness (QED) is 0.314. The predicted molar refractivity (Wildman–Crippen MR) is 158 cm³/mol. The summed E-state index contributed by atoms with van der Waals surface area (Å²) in [5.41, 5.74) is 2.35. The van der Waals surface area contributed by atoms with Gasteiger partial charge in [0, 0.05) is 24.1 Å². The summed E-state index contributed by atoms with van der Waals surface area (Å²) in [5.74, 6) is 0.776. The molecule has 2 aromatic carbocycles. The smallest absolute Gasteiger partial charge is 0.279 e. The van der Waals surface area contributed by atoms with Crippen LogP contribution in [0.1, 0.15) is 85.9 Å². The third-order valence-corrected chi connectivity index (χ3v) is 7.81. The molecule has 4 rings (SSSR count). The Morgan fingerprint density at radius 3 is 2.15 bits per heavy atom.